The van der Waals surface area contributed by atoms with E-state index in [4.69, 9.17) is 9.72 Å². The molecule has 0 atom stereocenters. The van der Waals surface area contributed by atoms with E-state index in [-0.39, 0.29) is 10.6 Å². The van der Waals surface area contributed by atoms with Crippen LogP contribution in [0, 0.1) is 17.0 Å². The molecule has 2 aromatic carbocycles. The Bertz CT molecular complexity index is 1190. The van der Waals surface area contributed by atoms with E-state index < -0.39 is 0 Å². The van der Waals surface area contributed by atoms with Gasteiger partial charge in [0.15, 0.2) is 0 Å². The van der Waals surface area contributed by atoms with Crippen LogP contribution in [-0.2, 0) is 6.42 Å². The normalized spacial score (nSPS) is 12.7. The number of rotatable bonds is 1. The quantitative estimate of drug-likeness (QED) is 0.337. The molecule has 6 heteroatoms. The van der Waals surface area contributed by atoms with Crippen LogP contribution in [0.5, 0.6) is 11.6 Å². The van der Waals surface area contributed by atoms with Crippen LogP contribution in [0.15, 0.2) is 48.5 Å². The largest absolute Gasteiger partial charge is 0.437 e. The maximum absolute atomic E-state index is 11.0. The van der Waals surface area contributed by atoms with E-state index in [1.54, 1.807) is 12.1 Å². The summed E-state index contributed by atoms with van der Waals surface area (Å²) in [6, 6.07) is 14.9. The third kappa shape index (κ3) is 1.94. The lowest BCUT2D eigenvalue weighted by atomic mass is 10.1. The van der Waals surface area contributed by atoms with Crippen LogP contribution in [0.3, 0.4) is 0 Å². The van der Waals surface area contributed by atoms with Crippen LogP contribution in [0.25, 0.3) is 16.4 Å². The molecule has 25 heavy (non-hydrogen) atoms. The summed E-state index contributed by atoms with van der Waals surface area (Å²) in [7, 11) is 0. The van der Waals surface area contributed by atoms with E-state index in [1.807, 2.05) is 25.1 Å². The molecular formula is C19H13N3O3. The van der Waals surface area contributed by atoms with Crippen LogP contribution in [-0.4, -0.2) is 14.3 Å². The number of aryl methyl sites for hydroxylation is 1. The first-order valence-electron chi connectivity index (χ1n) is 7.96. The van der Waals surface area contributed by atoms with Gasteiger partial charge in [0.2, 0.25) is 5.88 Å². The van der Waals surface area contributed by atoms with Crippen molar-refractivity contribution in [3.63, 3.8) is 0 Å². The summed E-state index contributed by atoms with van der Waals surface area (Å²) in [5.74, 6) is 1.20. The first-order valence-corrected chi connectivity index (χ1v) is 7.96. The molecule has 1 aliphatic rings. The molecule has 122 valence electrons. The van der Waals surface area contributed by atoms with Crippen molar-refractivity contribution in [1.82, 2.24) is 9.38 Å². The minimum absolute atomic E-state index is 0.0711. The van der Waals surface area contributed by atoms with Gasteiger partial charge in [-0.3, -0.25) is 14.5 Å². The molecular weight excluding hydrogens is 318 g/mol. The molecule has 2 aromatic heterocycles. The number of fused-ring (bicyclic) bond motifs is 6. The van der Waals surface area contributed by atoms with E-state index in [9.17, 15) is 10.1 Å². The molecule has 0 saturated heterocycles. The van der Waals surface area contributed by atoms with Gasteiger partial charge in [-0.1, -0.05) is 24.3 Å². The van der Waals surface area contributed by atoms with E-state index in [1.165, 1.54) is 6.07 Å². The van der Waals surface area contributed by atoms with Crippen molar-refractivity contribution >= 4 is 22.1 Å². The first-order chi connectivity index (χ1) is 12.1. The van der Waals surface area contributed by atoms with Crippen molar-refractivity contribution in [3.05, 3.63) is 75.6 Å². The Morgan fingerprint density at radius 2 is 2.04 bits per heavy atom. The second-order valence-corrected chi connectivity index (χ2v) is 6.22. The minimum Gasteiger partial charge on any atom is -0.437 e. The van der Waals surface area contributed by atoms with Gasteiger partial charge in [0.05, 0.1) is 10.6 Å². The van der Waals surface area contributed by atoms with Crippen LogP contribution in [0.2, 0.25) is 0 Å². The number of hydrogen-bond acceptors (Lipinski definition) is 4. The molecule has 0 saturated carbocycles. The first kappa shape index (κ1) is 14.0. The zero-order chi connectivity index (χ0) is 17.1. The number of nitro groups is 1. The monoisotopic (exact) mass is 331 g/mol. The fraction of sp³-hybridized carbons (Fsp3) is 0.105. The summed E-state index contributed by atoms with van der Waals surface area (Å²) in [6.45, 7) is 2.03. The topological polar surface area (TPSA) is 69.7 Å². The number of ether oxygens (including phenoxy) is 1. The van der Waals surface area contributed by atoms with Crippen molar-refractivity contribution in [2.24, 2.45) is 0 Å². The highest BCUT2D eigenvalue weighted by atomic mass is 16.6. The highest BCUT2D eigenvalue weighted by Gasteiger charge is 2.25. The molecule has 0 aliphatic carbocycles. The van der Waals surface area contributed by atoms with Crippen molar-refractivity contribution in [2.45, 2.75) is 13.3 Å². The van der Waals surface area contributed by atoms with Gasteiger partial charge in [-0.25, -0.2) is 0 Å². The molecule has 0 radical (unpaired) electrons. The Hall–Kier alpha value is -3.41. The number of benzene rings is 2. The van der Waals surface area contributed by atoms with Crippen LogP contribution in [0.4, 0.5) is 5.69 Å². The average molecular weight is 331 g/mol. The Kier molecular flexibility index (Phi) is 2.68. The number of pyridine rings is 1. The van der Waals surface area contributed by atoms with Gasteiger partial charge in [0.25, 0.3) is 5.69 Å². The van der Waals surface area contributed by atoms with E-state index in [0.717, 1.165) is 33.4 Å². The van der Waals surface area contributed by atoms with Gasteiger partial charge in [0, 0.05) is 35.2 Å². The summed E-state index contributed by atoms with van der Waals surface area (Å²) in [6.07, 6.45) is 0.548. The third-order valence-electron chi connectivity index (χ3n) is 4.67. The summed E-state index contributed by atoms with van der Waals surface area (Å²) < 4.78 is 8.03. The molecule has 4 aromatic rings. The summed E-state index contributed by atoms with van der Waals surface area (Å²) in [4.78, 5) is 15.4. The fourth-order valence-electron chi connectivity index (χ4n) is 3.55. The van der Waals surface area contributed by atoms with Crippen LogP contribution < -0.4 is 4.74 Å². The zero-order valence-electron chi connectivity index (χ0n) is 13.4. The lowest BCUT2D eigenvalue weighted by molar-refractivity contribution is -0.384. The van der Waals surface area contributed by atoms with Crippen molar-refractivity contribution < 1.29 is 9.66 Å². The number of hydrogen-bond donors (Lipinski definition) is 0. The Balaban J connectivity index is 1.77. The maximum Gasteiger partial charge on any atom is 0.269 e. The minimum atomic E-state index is -0.386. The maximum atomic E-state index is 11.0. The van der Waals surface area contributed by atoms with Crippen molar-refractivity contribution in [3.8, 4) is 11.6 Å². The van der Waals surface area contributed by atoms with Crippen molar-refractivity contribution in [2.75, 3.05) is 0 Å². The third-order valence-corrected chi connectivity index (χ3v) is 4.67. The molecule has 6 nitrogen and oxygen atoms in total. The predicted molar refractivity (Wildman–Crippen MR) is 93.4 cm³/mol. The van der Waals surface area contributed by atoms with Crippen LogP contribution in [0.1, 0.15) is 17.0 Å². The molecule has 0 unspecified atom stereocenters. The highest BCUT2D eigenvalue weighted by Crippen LogP contribution is 2.39. The molecule has 0 fully saturated rings. The van der Waals surface area contributed by atoms with Gasteiger partial charge in [-0.15, -0.1) is 0 Å². The highest BCUT2D eigenvalue weighted by molar-refractivity contribution is 5.95. The summed E-state index contributed by atoms with van der Waals surface area (Å²) in [5.41, 5.74) is 3.70. The van der Waals surface area contributed by atoms with Gasteiger partial charge in [0.1, 0.15) is 11.4 Å². The standard InChI is InChI=1S/C19H13N3O3/c1-11-8-12-4-2-3-5-15(12)18-20-19-16(21(11)18)10-13-9-14(22(23)24)6-7-17(13)25-19/h2-9H,10H2,1H3. The van der Waals surface area contributed by atoms with Gasteiger partial charge < -0.3 is 4.74 Å². The number of nitrogens with zero attached hydrogens (tertiary/aromatic N) is 3. The fourth-order valence-corrected chi connectivity index (χ4v) is 3.55. The smallest absolute Gasteiger partial charge is 0.269 e. The predicted octanol–water partition coefficient (Wildman–Crippen LogP) is 4.40. The van der Waals surface area contributed by atoms with Crippen LogP contribution >= 0.6 is 0 Å². The number of nitro benzene ring substituents is 1. The van der Waals surface area contributed by atoms with Gasteiger partial charge >= 0.3 is 0 Å². The SMILES string of the molecule is Cc1cc2ccccc2c2nc3c(n12)Cc1cc([N+](=O)[O-])ccc1O3. The Morgan fingerprint density at radius 3 is 2.88 bits per heavy atom. The molecule has 0 amide bonds. The molecule has 3 heterocycles. The number of imidazole rings is 1. The average Bonchev–Trinajstić information content (AvgIpc) is 2.98. The zero-order valence-corrected chi connectivity index (χ0v) is 13.4. The lowest BCUT2D eigenvalue weighted by Gasteiger charge is -2.17. The van der Waals surface area contributed by atoms with E-state index in [0.29, 0.717) is 18.1 Å². The molecule has 0 N–H and O–H groups in total. The van der Waals surface area contributed by atoms with Crippen molar-refractivity contribution in [1.29, 1.82) is 0 Å². The Labute approximate surface area is 142 Å². The molecule has 0 spiro atoms. The Morgan fingerprint density at radius 1 is 1.20 bits per heavy atom. The summed E-state index contributed by atoms with van der Waals surface area (Å²) >= 11 is 0. The number of aromatic nitrogens is 2. The van der Waals surface area contributed by atoms with Gasteiger partial charge in [-0.2, -0.15) is 4.98 Å². The summed E-state index contributed by atoms with van der Waals surface area (Å²) in [5, 5.41) is 13.2. The van der Waals surface area contributed by atoms with E-state index in [2.05, 4.69) is 16.5 Å². The second kappa shape index (κ2) is 4.80. The molecule has 0 bridgehead atoms. The molecule has 5 rings (SSSR count). The second-order valence-electron chi connectivity index (χ2n) is 6.22. The van der Waals surface area contributed by atoms with Gasteiger partial charge in [-0.05, 0) is 24.4 Å². The lowest BCUT2D eigenvalue weighted by Crippen LogP contribution is -2.06. The molecule has 1 aliphatic heterocycles. The van der Waals surface area contributed by atoms with E-state index >= 15 is 0 Å². The number of non-ortho nitro benzene ring substituents is 1.